The first-order valence-electron chi connectivity index (χ1n) is 18.1. The molecule has 53 heavy (non-hydrogen) atoms. The number of rotatable bonds is 5. The lowest BCUT2D eigenvalue weighted by atomic mass is 9.88. The first-order valence-corrected chi connectivity index (χ1v) is 18.1. The van der Waals surface area contributed by atoms with Gasteiger partial charge in [0.05, 0.1) is 34.3 Å². The summed E-state index contributed by atoms with van der Waals surface area (Å²) >= 11 is 0. The van der Waals surface area contributed by atoms with E-state index in [1.807, 2.05) is 24.7 Å². The summed E-state index contributed by atoms with van der Waals surface area (Å²) < 4.78 is 8.92. The fraction of sp³-hybridized carbons (Fsp3) is 0.106. The molecule has 10 rings (SSSR count). The van der Waals surface area contributed by atoms with E-state index in [2.05, 4.69) is 174 Å². The molecule has 0 saturated heterocycles. The van der Waals surface area contributed by atoms with Crippen LogP contribution in [-0.4, -0.2) is 21.2 Å². The smallest absolute Gasteiger partial charge is 0.137 e. The number of hydrogen-bond donors (Lipinski definition) is 0. The molecule has 0 saturated carbocycles. The van der Waals surface area contributed by atoms with Crippen molar-refractivity contribution in [2.24, 2.45) is 0 Å². The van der Waals surface area contributed by atoms with Gasteiger partial charge in [-0.05, 0) is 81.7 Å². The highest BCUT2D eigenvalue weighted by Gasteiger charge is 2.30. The fourth-order valence-corrected chi connectivity index (χ4v) is 7.92. The van der Waals surface area contributed by atoms with Gasteiger partial charge < -0.3 is 14.5 Å². The number of ether oxygens (including phenoxy) is 1. The minimum atomic E-state index is 0.00193. The van der Waals surface area contributed by atoms with E-state index < -0.39 is 0 Å². The summed E-state index contributed by atoms with van der Waals surface area (Å²) in [5, 5.41) is 7.30. The van der Waals surface area contributed by atoms with Crippen molar-refractivity contribution in [3.05, 3.63) is 164 Å². The Hall–Kier alpha value is -6.66. The van der Waals surface area contributed by atoms with Crippen LogP contribution in [-0.2, 0) is 5.41 Å². The Morgan fingerprint density at radius 3 is 2.25 bits per heavy atom. The molecule has 6 nitrogen and oxygen atoms in total. The number of benzene rings is 6. The van der Waals surface area contributed by atoms with Gasteiger partial charge in [0.1, 0.15) is 24.0 Å². The number of aromatic nitrogens is 3. The van der Waals surface area contributed by atoms with Crippen molar-refractivity contribution >= 4 is 66.1 Å². The van der Waals surface area contributed by atoms with Crippen LogP contribution in [0.4, 0.5) is 22.7 Å². The maximum Gasteiger partial charge on any atom is 0.137 e. The van der Waals surface area contributed by atoms with E-state index >= 15 is 0 Å². The molecule has 0 spiro atoms. The van der Waals surface area contributed by atoms with Crippen LogP contribution in [0.2, 0.25) is 0 Å². The first kappa shape index (κ1) is 31.1. The van der Waals surface area contributed by atoms with Gasteiger partial charge in [0, 0.05) is 46.4 Å². The van der Waals surface area contributed by atoms with Crippen molar-refractivity contribution in [1.82, 2.24) is 14.5 Å². The second-order valence-corrected chi connectivity index (χ2v) is 14.8. The van der Waals surface area contributed by atoms with E-state index in [1.54, 1.807) is 0 Å². The number of pyridine rings is 2. The molecule has 0 bridgehead atoms. The second kappa shape index (κ2) is 12.0. The molecular weight excluding hydrogens is 651 g/mol. The average molecular weight is 688 g/mol. The Labute approximate surface area is 308 Å². The molecule has 6 aromatic carbocycles. The number of nitrogens with zero attached hydrogens (tertiary/aromatic N) is 5. The molecule has 0 unspecified atom stereocenters. The molecule has 0 N–H and O–H groups in total. The van der Waals surface area contributed by atoms with Crippen molar-refractivity contribution in [1.29, 1.82) is 0 Å². The van der Waals surface area contributed by atoms with Crippen molar-refractivity contribution < 1.29 is 4.74 Å². The summed E-state index contributed by atoms with van der Waals surface area (Å²) in [6, 6.07) is 49.3. The molecule has 0 radical (unpaired) electrons. The van der Waals surface area contributed by atoms with Gasteiger partial charge >= 0.3 is 0 Å². The van der Waals surface area contributed by atoms with E-state index in [0.29, 0.717) is 6.67 Å². The molecule has 0 amide bonds. The molecular formula is C47H37N5O. The van der Waals surface area contributed by atoms with Gasteiger partial charge in [-0.3, -0.25) is 9.55 Å². The van der Waals surface area contributed by atoms with Gasteiger partial charge in [0.15, 0.2) is 0 Å². The van der Waals surface area contributed by atoms with Crippen LogP contribution in [0.25, 0.3) is 49.2 Å². The van der Waals surface area contributed by atoms with Crippen molar-refractivity contribution in [3.63, 3.8) is 0 Å². The summed E-state index contributed by atoms with van der Waals surface area (Å²) in [7, 11) is 0. The topological polar surface area (TPSA) is 46.4 Å². The third-order valence-electron chi connectivity index (χ3n) is 10.5. The van der Waals surface area contributed by atoms with Crippen LogP contribution in [0.1, 0.15) is 26.3 Å². The lowest BCUT2D eigenvalue weighted by Crippen LogP contribution is -2.24. The van der Waals surface area contributed by atoms with Gasteiger partial charge in [0.2, 0.25) is 0 Å². The van der Waals surface area contributed by atoms with E-state index in [9.17, 15) is 0 Å². The van der Waals surface area contributed by atoms with Gasteiger partial charge in [-0.15, -0.1) is 0 Å². The molecule has 0 fully saturated rings. The maximum atomic E-state index is 6.67. The van der Waals surface area contributed by atoms with Crippen molar-refractivity contribution in [2.45, 2.75) is 26.2 Å². The molecule has 256 valence electrons. The zero-order valence-corrected chi connectivity index (χ0v) is 29.9. The molecule has 0 atom stereocenters. The molecule has 6 heteroatoms. The highest BCUT2D eigenvalue weighted by Crippen LogP contribution is 2.47. The van der Waals surface area contributed by atoms with E-state index in [4.69, 9.17) is 9.72 Å². The Morgan fingerprint density at radius 1 is 0.566 bits per heavy atom. The van der Waals surface area contributed by atoms with Crippen LogP contribution in [0.5, 0.6) is 11.5 Å². The predicted octanol–water partition coefficient (Wildman–Crippen LogP) is 12.2. The maximum absolute atomic E-state index is 6.67. The van der Waals surface area contributed by atoms with Crippen LogP contribution in [0, 0.1) is 0 Å². The normalized spacial score (nSPS) is 13.0. The Kier molecular flexibility index (Phi) is 7.02. The standard InChI is InChI=1S/C47H37N5O/c1-47(2,3)33-22-25-49-45(26-33)52-40-16-7-6-15-38(40)39-21-20-36(28-43(39)52)53-35-13-9-12-34(27-35)50-30-51(41-23-24-48-29-44(41)50)42-17-8-11-32-19-18-31-10-4-5-14-37(31)46(32)42/h4-29H,30H2,1-3H3. The van der Waals surface area contributed by atoms with Crippen LogP contribution in [0.15, 0.2) is 158 Å². The Bertz CT molecular complexity index is 2870. The molecule has 3 aromatic heterocycles. The third-order valence-corrected chi connectivity index (χ3v) is 10.5. The quantitative estimate of drug-likeness (QED) is 0.169. The minimum Gasteiger partial charge on any atom is -0.457 e. The van der Waals surface area contributed by atoms with Gasteiger partial charge in [-0.1, -0.05) is 93.6 Å². The molecule has 0 aliphatic carbocycles. The van der Waals surface area contributed by atoms with E-state index in [0.717, 1.165) is 50.8 Å². The number of anilines is 4. The Balaban J connectivity index is 1.03. The lowest BCUT2D eigenvalue weighted by molar-refractivity contribution is 0.483. The summed E-state index contributed by atoms with van der Waals surface area (Å²) in [5.74, 6) is 2.42. The number of fused-ring (bicyclic) bond motifs is 7. The molecule has 1 aliphatic rings. The largest absolute Gasteiger partial charge is 0.457 e. The van der Waals surface area contributed by atoms with E-state index in [-0.39, 0.29) is 5.41 Å². The summed E-state index contributed by atoms with van der Waals surface area (Å²) in [6.45, 7) is 7.34. The van der Waals surface area contributed by atoms with Crippen molar-refractivity contribution in [2.75, 3.05) is 16.5 Å². The minimum absolute atomic E-state index is 0.00193. The van der Waals surface area contributed by atoms with Crippen LogP contribution < -0.4 is 14.5 Å². The zero-order chi connectivity index (χ0) is 35.7. The van der Waals surface area contributed by atoms with Gasteiger partial charge in [-0.2, -0.15) is 0 Å². The molecule has 9 aromatic rings. The van der Waals surface area contributed by atoms with E-state index in [1.165, 1.54) is 38.2 Å². The summed E-state index contributed by atoms with van der Waals surface area (Å²) in [4.78, 5) is 14.1. The first-order chi connectivity index (χ1) is 25.9. The van der Waals surface area contributed by atoms with Crippen LogP contribution in [0.3, 0.4) is 0 Å². The SMILES string of the molecule is CC(C)(C)c1ccnc(-n2c3ccccc3c3ccc(Oc4cccc(N5CN(c6cccc7ccc8ccccc8c67)c6ccncc65)c4)cc32)c1. The third kappa shape index (κ3) is 5.17. The highest BCUT2D eigenvalue weighted by molar-refractivity contribution is 6.15. The Morgan fingerprint density at radius 2 is 1.34 bits per heavy atom. The number of hydrogen-bond acceptors (Lipinski definition) is 5. The lowest BCUT2D eigenvalue weighted by Gasteiger charge is -2.24. The molecule has 1 aliphatic heterocycles. The monoisotopic (exact) mass is 687 g/mol. The zero-order valence-electron chi connectivity index (χ0n) is 29.9. The molecule has 4 heterocycles. The van der Waals surface area contributed by atoms with Crippen molar-refractivity contribution in [3.8, 4) is 17.3 Å². The number of para-hydroxylation sites is 1. The summed E-state index contributed by atoms with van der Waals surface area (Å²) in [5.41, 5.74) is 7.79. The van der Waals surface area contributed by atoms with Gasteiger partial charge in [-0.25, -0.2) is 4.98 Å². The summed E-state index contributed by atoms with van der Waals surface area (Å²) in [6.07, 6.45) is 5.75. The fourth-order valence-electron chi connectivity index (χ4n) is 7.92. The highest BCUT2D eigenvalue weighted by atomic mass is 16.5. The van der Waals surface area contributed by atoms with Crippen LogP contribution >= 0.6 is 0 Å². The van der Waals surface area contributed by atoms with Gasteiger partial charge in [0.25, 0.3) is 0 Å². The second-order valence-electron chi connectivity index (χ2n) is 14.8. The average Bonchev–Trinajstić information content (AvgIpc) is 3.73. The predicted molar refractivity (Wildman–Crippen MR) is 219 cm³/mol.